The number of methoxy groups -OCH3 is 1. The summed E-state index contributed by atoms with van der Waals surface area (Å²) < 4.78 is 42.9. The second kappa shape index (κ2) is 13.4. The first kappa shape index (κ1) is 31.5. The minimum Gasteiger partial charge on any atom is -0.488 e. The highest BCUT2D eigenvalue weighted by atomic mass is 32.2. The molecule has 9 nitrogen and oxygen atoms in total. The van der Waals surface area contributed by atoms with Crippen LogP contribution < -0.4 is 14.8 Å². The molecule has 0 unspecified atom stereocenters. The lowest BCUT2D eigenvalue weighted by Crippen LogP contribution is -2.32. The minimum atomic E-state index is -3.35. The number of ether oxygens (including phenoxy) is 3. The molecule has 4 aromatic carbocycles. The number of hydrogen-bond acceptors (Lipinski definition) is 7. The number of nitrogens with zero attached hydrogens (tertiary/aromatic N) is 2. The van der Waals surface area contributed by atoms with Crippen LogP contribution >= 0.6 is 0 Å². The summed E-state index contributed by atoms with van der Waals surface area (Å²) in [5, 5.41) is 2.92. The Balaban J connectivity index is 1.43. The molecular formula is C35H35N3O6S. The molecule has 0 aliphatic rings. The third-order valence-electron chi connectivity index (χ3n) is 7.37. The highest BCUT2D eigenvalue weighted by Crippen LogP contribution is 2.34. The molecule has 5 rings (SSSR count). The summed E-state index contributed by atoms with van der Waals surface area (Å²) in [5.74, 6) is 0.835. The number of imidazole rings is 1. The van der Waals surface area contributed by atoms with Crippen LogP contribution in [-0.4, -0.2) is 50.0 Å². The number of amides is 1. The lowest BCUT2D eigenvalue weighted by atomic mass is 9.84. The van der Waals surface area contributed by atoms with Gasteiger partial charge in [0.1, 0.15) is 29.0 Å². The maximum absolute atomic E-state index is 13.5. The smallest absolute Gasteiger partial charge is 0.275 e. The maximum Gasteiger partial charge on any atom is 0.275 e. The van der Waals surface area contributed by atoms with Crippen LogP contribution in [0.2, 0.25) is 0 Å². The van der Waals surface area contributed by atoms with Crippen LogP contribution in [0, 0.1) is 0 Å². The zero-order valence-electron chi connectivity index (χ0n) is 25.5. The molecule has 1 N–H and O–H groups in total. The summed E-state index contributed by atoms with van der Waals surface area (Å²) in [7, 11) is -1.76. The van der Waals surface area contributed by atoms with E-state index in [2.05, 4.69) is 41.5 Å². The van der Waals surface area contributed by atoms with Gasteiger partial charge >= 0.3 is 0 Å². The number of hydrogen-bond donors (Lipinski definition) is 1. The van der Waals surface area contributed by atoms with E-state index in [0.29, 0.717) is 29.5 Å². The van der Waals surface area contributed by atoms with Crippen LogP contribution in [0.15, 0.2) is 121 Å². The highest BCUT2D eigenvalue weighted by Gasteiger charge is 2.31. The Morgan fingerprint density at radius 1 is 0.889 bits per heavy atom. The number of nitrogens with one attached hydrogen (secondary N) is 1. The van der Waals surface area contributed by atoms with Gasteiger partial charge in [0.15, 0.2) is 9.84 Å². The Bertz CT molecular complexity index is 1820. The Labute approximate surface area is 263 Å². The SMILES string of the molecule is COC[C@H](C)Oc1cc(NC(=O)c2cn(C(C)(c3ccccc3)c3ccccc3)cn2)cc(Oc2ccc(S(C)(=O)=O)cc2)c1. The van der Waals surface area contributed by atoms with Gasteiger partial charge in [-0.05, 0) is 49.2 Å². The zero-order valence-corrected chi connectivity index (χ0v) is 26.3. The van der Waals surface area contributed by atoms with Gasteiger partial charge in [0, 0.05) is 43.4 Å². The lowest BCUT2D eigenvalue weighted by molar-refractivity contribution is 0.0920. The highest BCUT2D eigenvalue weighted by molar-refractivity contribution is 7.90. The molecule has 0 saturated carbocycles. The molecular weight excluding hydrogens is 590 g/mol. The summed E-state index contributed by atoms with van der Waals surface area (Å²) in [6.07, 6.45) is 4.27. The van der Waals surface area contributed by atoms with E-state index in [1.54, 1.807) is 50.0 Å². The van der Waals surface area contributed by atoms with Crippen molar-refractivity contribution in [3.8, 4) is 17.2 Å². The second-order valence-corrected chi connectivity index (χ2v) is 12.9. The summed E-state index contributed by atoms with van der Waals surface area (Å²) >= 11 is 0. The molecule has 0 radical (unpaired) electrons. The van der Waals surface area contributed by atoms with E-state index in [4.69, 9.17) is 14.2 Å². The minimum absolute atomic E-state index is 0.184. The van der Waals surface area contributed by atoms with Gasteiger partial charge < -0.3 is 24.1 Å². The number of sulfone groups is 1. The fraction of sp³-hybridized carbons (Fsp3) is 0.200. The van der Waals surface area contributed by atoms with Gasteiger partial charge in [0.2, 0.25) is 0 Å². The lowest BCUT2D eigenvalue weighted by Gasteiger charge is -2.32. The van der Waals surface area contributed by atoms with Gasteiger partial charge in [-0.2, -0.15) is 0 Å². The van der Waals surface area contributed by atoms with Gasteiger partial charge in [0.05, 0.1) is 23.4 Å². The number of carbonyl (C=O) groups is 1. The molecule has 1 atom stereocenters. The summed E-state index contributed by atoms with van der Waals surface area (Å²) in [4.78, 5) is 18.2. The molecule has 5 aromatic rings. The number of carbonyl (C=O) groups excluding carboxylic acids is 1. The van der Waals surface area contributed by atoms with Gasteiger partial charge in [-0.3, -0.25) is 4.79 Å². The molecule has 0 aliphatic heterocycles. The largest absolute Gasteiger partial charge is 0.488 e. The monoisotopic (exact) mass is 625 g/mol. The predicted octanol–water partition coefficient (Wildman–Crippen LogP) is 6.56. The fourth-order valence-corrected chi connectivity index (χ4v) is 5.66. The molecule has 1 heterocycles. The van der Waals surface area contributed by atoms with Gasteiger partial charge in [-0.25, -0.2) is 13.4 Å². The summed E-state index contributed by atoms with van der Waals surface area (Å²) in [5.41, 5.74) is 2.12. The third-order valence-corrected chi connectivity index (χ3v) is 8.50. The van der Waals surface area contributed by atoms with Gasteiger partial charge in [0.25, 0.3) is 5.91 Å². The van der Waals surface area contributed by atoms with Crippen molar-refractivity contribution in [2.24, 2.45) is 0 Å². The number of rotatable bonds is 12. The molecule has 0 fully saturated rings. The van der Waals surface area contributed by atoms with Crippen LogP contribution in [0.1, 0.15) is 35.5 Å². The van der Waals surface area contributed by atoms with Crippen LogP contribution in [0.4, 0.5) is 5.69 Å². The van der Waals surface area contributed by atoms with Crippen LogP contribution in [-0.2, 0) is 20.1 Å². The quantitative estimate of drug-likeness (QED) is 0.167. The first-order chi connectivity index (χ1) is 21.6. The molecule has 0 bridgehead atoms. The Morgan fingerprint density at radius 3 is 2.07 bits per heavy atom. The number of anilines is 1. The second-order valence-electron chi connectivity index (χ2n) is 10.8. The van der Waals surface area contributed by atoms with E-state index in [1.165, 1.54) is 12.1 Å². The Kier molecular flexibility index (Phi) is 9.36. The van der Waals surface area contributed by atoms with Gasteiger partial charge in [-0.1, -0.05) is 60.7 Å². The van der Waals surface area contributed by atoms with E-state index in [0.717, 1.165) is 17.4 Å². The van der Waals surface area contributed by atoms with Crippen molar-refractivity contribution < 1.29 is 27.4 Å². The predicted molar refractivity (Wildman–Crippen MR) is 173 cm³/mol. The number of benzene rings is 4. The van der Waals surface area contributed by atoms with Crippen LogP contribution in [0.3, 0.4) is 0 Å². The average Bonchev–Trinajstić information content (AvgIpc) is 3.53. The Hall–Kier alpha value is -4.93. The molecule has 45 heavy (non-hydrogen) atoms. The first-order valence-corrected chi connectivity index (χ1v) is 16.2. The van der Waals surface area contributed by atoms with Crippen molar-refractivity contribution in [1.82, 2.24) is 9.55 Å². The molecule has 1 amide bonds. The maximum atomic E-state index is 13.5. The van der Waals surface area contributed by atoms with Crippen molar-refractivity contribution in [3.05, 3.63) is 132 Å². The van der Waals surface area contributed by atoms with E-state index in [9.17, 15) is 13.2 Å². The molecule has 0 spiro atoms. The van der Waals surface area contributed by atoms with Crippen LogP contribution in [0.25, 0.3) is 0 Å². The van der Waals surface area contributed by atoms with Crippen molar-refractivity contribution in [2.75, 3.05) is 25.3 Å². The number of aromatic nitrogens is 2. The molecule has 1 aromatic heterocycles. The molecule has 10 heteroatoms. The van der Waals surface area contributed by atoms with E-state index < -0.39 is 21.3 Å². The van der Waals surface area contributed by atoms with E-state index in [1.807, 2.05) is 47.9 Å². The van der Waals surface area contributed by atoms with Crippen molar-refractivity contribution in [1.29, 1.82) is 0 Å². The topological polar surface area (TPSA) is 109 Å². The average molecular weight is 626 g/mol. The van der Waals surface area contributed by atoms with E-state index >= 15 is 0 Å². The van der Waals surface area contributed by atoms with Crippen molar-refractivity contribution in [2.45, 2.75) is 30.4 Å². The molecule has 0 saturated heterocycles. The third kappa shape index (κ3) is 7.42. The molecule has 232 valence electrons. The first-order valence-electron chi connectivity index (χ1n) is 14.3. The normalized spacial score (nSPS) is 12.4. The van der Waals surface area contributed by atoms with Crippen molar-refractivity contribution in [3.63, 3.8) is 0 Å². The molecule has 0 aliphatic carbocycles. The summed E-state index contributed by atoms with van der Waals surface area (Å²) in [6.45, 7) is 4.32. The standard InChI is InChI=1S/C35H35N3O6S/c1-25(23-42-3)43-30-19-28(20-31(21-30)44-29-15-17-32(18-16-29)45(4,40)41)37-34(39)33-22-38(24-36-33)35(2,26-11-7-5-8-12-26)27-13-9-6-10-14-27/h5-22,24-25H,23H2,1-4H3,(H,37,39)/t25-/m0/s1. The van der Waals surface area contributed by atoms with E-state index in [-0.39, 0.29) is 16.7 Å². The van der Waals surface area contributed by atoms with Crippen molar-refractivity contribution >= 4 is 21.4 Å². The zero-order chi connectivity index (χ0) is 32.0. The van der Waals surface area contributed by atoms with Crippen LogP contribution in [0.5, 0.6) is 17.2 Å². The fourth-order valence-electron chi connectivity index (χ4n) is 5.03. The Morgan fingerprint density at radius 2 is 1.49 bits per heavy atom. The summed E-state index contributed by atoms with van der Waals surface area (Å²) in [6, 6.07) is 31.2. The van der Waals surface area contributed by atoms with Gasteiger partial charge in [-0.15, -0.1) is 0 Å².